The first-order chi connectivity index (χ1) is 11.3. The van der Waals surface area contributed by atoms with Gasteiger partial charge in [0, 0.05) is 36.1 Å². The maximum Gasteiger partial charge on any atom is 0.185 e. The van der Waals surface area contributed by atoms with Crippen molar-refractivity contribution < 1.29 is 0 Å². The Morgan fingerprint density at radius 3 is 2.52 bits per heavy atom. The number of rotatable bonds is 3. The van der Waals surface area contributed by atoms with E-state index in [1.165, 1.54) is 42.9 Å². The topological polar surface area (TPSA) is 19.4 Å². The van der Waals surface area contributed by atoms with Gasteiger partial charge < -0.3 is 4.90 Å². The van der Waals surface area contributed by atoms with E-state index >= 15 is 0 Å². The van der Waals surface area contributed by atoms with Crippen LogP contribution < -0.4 is 4.90 Å². The fourth-order valence-corrected chi connectivity index (χ4v) is 4.93. The number of thiazole rings is 1. The van der Waals surface area contributed by atoms with Gasteiger partial charge >= 0.3 is 0 Å². The van der Waals surface area contributed by atoms with Crippen molar-refractivity contribution in [2.24, 2.45) is 0 Å². The number of hydrogen-bond acceptors (Lipinski definition) is 4. The molecular formula is C19H25N3S. The third-order valence-corrected chi connectivity index (χ3v) is 6.27. The van der Waals surface area contributed by atoms with Crippen molar-refractivity contribution in [2.75, 3.05) is 24.5 Å². The quantitative estimate of drug-likeness (QED) is 0.839. The van der Waals surface area contributed by atoms with E-state index in [9.17, 15) is 0 Å². The lowest BCUT2D eigenvalue weighted by atomic mass is 10.0. The van der Waals surface area contributed by atoms with Crippen LogP contribution in [0, 0.1) is 0 Å². The average molecular weight is 327 g/mol. The second-order valence-corrected chi connectivity index (χ2v) is 7.67. The molecule has 0 spiro atoms. The van der Waals surface area contributed by atoms with Crippen molar-refractivity contribution in [1.29, 1.82) is 0 Å². The molecule has 2 aliphatic rings. The summed E-state index contributed by atoms with van der Waals surface area (Å²) < 4.78 is 0. The first-order valence-corrected chi connectivity index (χ1v) is 9.71. The van der Waals surface area contributed by atoms with Crippen LogP contribution in [-0.4, -0.2) is 41.6 Å². The van der Waals surface area contributed by atoms with Gasteiger partial charge in [-0.05, 0) is 39.2 Å². The third kappa shape index (κ3) is 3.15. The van der Waals surface area contributed by atoms with Gasteiger partial charge in [0.05, 0.1) is 5.69 Å². The van der Waals surface area contributed by atoms with Gasteiger partial charge in [0.25, 0.3) is 0 Å². The summed E-state index contributed by atoms with van der Waals surface area (Å²) in [5.41, 5.74) is 2.33. The molecule has 0 amide bonds. The number of benzene rings is 1. The Morgan fingerprint density at radius 2 is 1.83 bits per heavy atom. The van der Waals surface area contributed by atoms with Gasteiger partial charge in [0.1, 0.15) is 0 Å². The molecule has 2 fully saturated rings. The number of likely N-dealkylation sites (tertiary alicyclic amines) is 1. The van der Waals surface area contributed by atoms with Crippen molar-refractivity contribution in [1.82, 2.24) is 9.88 Å². The molecule has 0 saturated carbocycles. The fourth-order valence-electron chi connectivity index (χ4n) is 4.04. The zero-order valence-corrected chi connectivity index (χ0v) is 14.6. The first kappa shape index (κ1) is 15.2. The summed E-state index contributed by atoms with van der Waals surface area (Å²) in [4.78, 5) is 10.1. The predicted octanol–water partition coefficient (Wildman–Crippen LogP) is 4.26. The van der Waals surface area contributed by atoms with E-state index in [2.05, 4.69) is 52.4 Å². The number of nitrogens with zero attached hydrogens (tertiary/aromatic N) is 3. The lowest BCUT2D eigenvalue weighted by Crippen LogP contribution is -2.46. The van der Waals surface area contributed by atoms with Crippen LogP contribution in [0.4, 0.5) is 5.13 Å². The van der Waals surface area contributed by atoms with Crippen molar-refractivity contribution in [3.8, 4) is 11.3 Å². The van der Waals surface area contributed by atoms with Crippen molar-refractivity contribution >= 4 is 16.5 Å². The summed E-state index contributed by atoms with van der Waals surface area (Å²) in [5.74, 6) is 0. The predicted molar refractivity (Wildman–Crippen MR) is 98.2 cm³/mol. The van der Waals surface area contributed by atoms with E-state index in [-0.39, 0.29) is 0 Å². The number of hydrogen-bond donors (Lipinski definition) is 0. The lowest BCUT2D eigenvalue weighted by Gasteiger charge is -2.38. The van der Waals surface area contributed by atoms with Crippen LogP contribution in [0.15, 0.2) is 35.7 Å². The normalized spacial score (nSPS) is 23.5. The highest BCUT2D eigenvalue weighted by Crippen LogP contribution is 2.31. The molecule has 0 bridgehead atoms. The molecule has 1 atom stereocenters. The molecule has 4 rings (SSSR count). The molecule has 4 heteroatoms. The second kappa shape index (κ2) is 6.62. The van der Waals surface area contributed by atoms with Gasteiger partial charge in [-0.2, -0.15) is 0 Å². The van der Waals surface area contributed by atoms with Crippen LogP contribution in [0.2, 0.25) is 0 Å². The fraction of sp³-hybridized carbons (Fsp3) is 0.526. The van der Waals surface area contributed by atoms with E-state index in [0.29, 0.717) is 0 Å². The van der Waals surface area contributed by atoms with Gasteiger partial charge in [-0.3, -0.25) is 4.90 Å². The van der Waals surface area contributed by atoms with E-state index in [0.717, 1.165) is 30.9 Å². The summed E-state index contributed by atoms with van der Waals surface area (Å²) in [5, 5.41) is 3.39. The molecule has 2 saturated heterocycles. The van der Waals surface area contributed by atoms with Crippen LogP contribution in [-0.2, 0) is 0 Å². The smallest absolute Gasteiger partial charge is 0.185 e. The van der Waals surface area contributed by atoms with E-state index in [1.807, 2.05) is 0 Å². The van der Waals surface area contributed by atoms with Crippen molar-refractivity contribution in [2.45, 2.75) is 44.7 Å². The Hall–Kier alpha value is -1.39. The Labute approximate surface area is 143 Å². The molecule has 0 aliphatic carbocycles. The molecule has 3 nitrogen and oxygen atoms in total. The summed E-state index contributed by atoms with van der Waals surface area (Å²) in [6.45, 7) is 6.00. The number of piperidine rings is 1. The van der Waals surface area contributed by atoms with Gasteiger partial charge in [-0.1, -0.05) is 30.3 Å². The Kier molecular flexibility index (Phi) is 4.36. The summed E-state index contributed by atoms with van der Waals surface area (Å²) in [6, 6.07) is 12.1. The van der Waals surface area contributed by atoms with Gasteiger partial charge in [0.15, 0.2) is 5.13 Å². The number of anilines is 1. The number of aromatic nitrogens is 1. The summed E-state index contributed by atoms with van der Waals surface area (Å²) in [7, 11) is 0. The third-order valence-electron chi connectivity index (χ3n) is 5.37. The van der Waals surface area contributed by atoms with Crippen LogP contribution in [0.5, 0.6) is 0 Å². The standard InChI is InChI=1S/C19H25N3S/c1-15-6-5-11-22(15)17-9-12-21(13-10-17)19-20-18(14-23-19)16-7-3-2-4-8-16/h2-4,7-8,14-15,17H,5-6,9-13H2,1H3. The molecular weight excluding hydrogens is 302 g/mol. The molecule has 122 valence electrons. The largest absolute Gasteiger partial charge is 0.348 e. The molecule has 1 unspecified atom stereocenters. The van der Waals surface area contributed by atoms with Gasteiger partial charge in [-0.25, -0.2) is 4.98 Å². The highest BCUT2D eigenvalue weighted by Gasteiger charge is 2.31. The van der Waals surface area contributed by atoms with Crippen molar-refractivity contribution in [3.63, 3.8) is 0 Å². The molecule has 23 heavy (non-hydrogen) atoms. The van der Waals surface area contributed by atoms with Gasteiger partial charge in [-0.15, -0.1) is 11.3 Å². The van der Waals surface area contributed by atoms with Crippen LogP contribution in [0.3, 0.4) is 0 Å². The molecule has 3 heterocycles. The molecule has 1 aromatic heterocycles. The zero-order chi connectivity index (χ0) is 15.6. The Bertz CT molecular complexity index is 631. The minimum Gasteiger partial charge on any atom is -0.348 e. The molecule has 2 aromatic rings. The first-order valence-electron chi connectivity index (χ1n) is 8.83. The molecule has 1 aromatic carbocycles. The summed E-state index contributed by atoms with van der Waals surface area (Å²) >= 11 is 1.79. The van der Waals surface area contributed by atoms with E-state index in [1.54, 1.807) is 11.3 Å². The Balaban J connectivity index is 1.40. The second-order valence-electron chi connectivity index (χ2n) is 6.83. The van der Waals surface area contributed by atoms with Crippen LogP contribution >= 0.6 is 11.3 Å². The zero-order valence-electron chi connectivity index (χ0n) is 13.8. The van der Waals surface area contributed by atoms with Crippen LogP contribution in [0.25, 0.3) is 11.3 Å². The molecule has 0 N–H and O–H groups in total. The monoisotopic (exact) mass is 327 g/mol. The summed E-state index contributed by atoms with van der Waals surface area (Å²) in [6.07, 6.45) is 5.33. The minimum absolute atomic E-state index is 0.788. The van der Waals surface area contributed by atoms with Crippen molar-refractivity contribution in [3.05, 3.63) is 35.7 Å². The highest BCUT2D eigenvalue weighted by atomic mass is 32.1. The maximum absolute atomic E-state index is 4.87. The van der Waals surface area contributed by atoms with Gasteiger partial charge in [0.2, 0.25) is 0 Å². The SMILES string of the molecule is CC1CCCN1C1CCN(c2nc(-c3ccccc3)cs2)CC1. The highest BCUT2D eigenvalue weighted by molar-refractivity contribution is 7.14. The average Bonchev–Trinajstić information content (AvgIpc) is 3.25. The lowest BCUT2D eigenvalue weighted by molar-refractivity contribution is 0.163. The van der Waals surface area contributed by atoms with E-state index < -0.39 is 0 Å². The van der Waals surface area contributed by atoms with E-state index in [4.69, 9.17) is 4.98 Å². The molecule has 2 aliphatic heterocycles. The van der Waals surface area contributed by atoms with Crippen LogP contribution in [0.1, 0.15) is 32.6 Å². The Morgan fingerprint density at radius 1 is 1.04 bits per heavy atom. The molecule has 0 radical (unpaired) electrons. The minimum atomic E-state index is 0.788. The maximum atomic E-state index is 4.87.